The Morgan fingerprint density at radius 2 is 1.54 bits per heavy atom. The second-order valence-corrected chi connectivity index (χ2v) is 7.93. The second kappa shape index (κ2) is 6.54. The van der Waals surface area contributed by atoms with Crippen LogP contribution in [0.1, 0.15) is 0 Å². The Bertz CT molecular complexity index is 1480. The molecule has 28 heavy (non-hydrogen) atoms. The Kier molecular flexibility index (Phi) is 3.99. The zero-order chi connectivity index (χ0) is 19.3. The number of rotatable bonds is 2. The van der Waals surface area contributed by atoms with Crippen molar-refractivity contribution in [3.8, 4) is 21.8 Å². The smallest absolute Gasteiger partial charge is 0.346 e. The molecule has 0 saturated heterocycles. The van der Waals surface area contributed by atoms with E-state index in [1.54, 1.807) is 29.6 Å². The van der Waals surface area contributed by atoms with E-state index in [1.165, 1.54) is 11.3 Å². The lowest BCUT2D eigenvalue weighted by Crippen LogP contribution is -2.04. The third kappa shape index (κ3) is 2.89. The molecule has 5 aromatic rings. The molecule has 0 amide bonds. The summed E-state index contributed by atoms with van der Waals surface area (Å²) in [5, 5.41) is 3.82. The number of halogens is 1. The molecule has 2 aromatic carbocycles. The molecule has 0 bridgehead atoms. The molecule has 0 spiro atoms. The van der Waals surface area contributed by atoms with Crippen LogP contribution in [0.25, 0.3) is 43.8 Å². The van der Waals surface area contributed by atoms with Crippen molar-refractivity contribution >= 4 is 49.2 Å². The van der Waals surface area contributed by atoms with Gasteiger partial charge in [-0.05, 0) is 36.4 Å². The maximum absolute atomic E-state index is 12.4. The van der Waals surface area contributed by atoms with Gasteiger partial charge in [-0.25, -0.2) is 14.6 Å². The molecule has 0 unspecified atom stereocenters. The molecule has 0 fully saturated rings. The number of para-hydroxylation sites is 1. The van der Waals surface area contributed by atoms with Crippen molar-refractivity contribution in [2.45, 2.75) is 0 Å². The zero-order valence-corrected chi connectivity index (χ0v) is 16.5. The van der Waals surface area contributed by atoms with Crippen LogP contribution in [0.2, 0.25) is 0 Å². The van der Waals surface area contributed by atoms with Gasteiger partial charge in [-0.2, -0.15) is 0 Å². The first-order valence-corrected chi connectivity index (χ1v) is 9.98. The third-order valence-corrected chi connectivity index (χ3v) is 5.72. The molecule has 5 nitrogen and oxygen atoms in total. The topological polar surface area (TPSA) is 73.3 Å². The fourth-order valence-corrected chi connectivity index (χ4v) is 4.21. The van der Waals surface area contributed by atoms with Gasteiger partial charge < -0.3 is 8.83 Å². The lowest BCUT2D eigenvalue weighted by Gasteiger charge is -2.01. The largest absolute Gasteiger partial charge is 0.422 e. The fraction of sp³-hybridized carbons (Fsp3) is 0. The summed E-state index contributed by atoms with van der Waals surface area (Å²) >= 11 is 4.69. The highest BCUT2D eigenvalue weighted by molar-refractivity contribution is 9.10. The Balaban J connectivity index is 1.65. The van der Waals surface area contributed by atoms with Gasteiger partial charge in [0.1, 0.15) is 16.2 Å². The van der Waals surface area contributed by atoms with Gasteiger partial charge in [0.05, 0.1) is 16.8 Å². The minimum Gasteiger partial charge on any atom is -0.422 e. The van der Waals surface area contributed by atoms with E-state index in [2.05, 4.69) is 20.9 Å². The van der Waals surface area contributed by atoms with Gasteiger partial charge in [0.15, 0.2) is 0 Å². The standard InChI is InChI=1S/C21H10BrNO4S/c22-13-5-6-18-12(7-13)9-14(20(24)27-18)16-10-28-19(23-16)15-8-11-3-1-2-4-17(11)26-21(15)25/h1-10H. The first-order chi connectivity index (χ1) is 13.6. The van der Waals surface area contributed by atoms with Gasteiger partial charge >= 0.3 is 11.3 Å². The number of hydrogen-bond donors (Lipinski definition) is 0. The van der Waals surface area contributed by atoms with E-state index in [1.807, 2.05) is 30.3 Å². The van der Waals surface area contributed by atoms with Crippen LogP contribution in [0.15, 0.2) is 82.9 Å². The molecule has 3 aromatic heterocycles. The molecule has 0 N–H and O–H groups in total. The van der Waals surface area contributed by atoms with Crippen LogP contribution in [0.4, 0.5) is 0 Å². The predicted molar refractivity (Wildman–Crippen MR) is 113 cm³/mol. The minimum atomic E-state index is -0.475. The van der Waals surface area contributed by atoms with Crippen molar-refractivity contribution in [2.24, 2.45) is 0 Å². The van der Waals surface area contributed by atoms with Crippen molar-refractivity contribution in [3.63, 3.8) is 0 Å². The van der Waals surface area contributed by atoms with Crippen LogP contribution in [-0.2, 0) is 0 Å². The molecule has 0 radical (unpaired) electrons. The Hall–Kier alpha value is -3.03. The highest BCUT2D eigenvalue weighted by Crippen LogP contribution is 2.29. The summed E-state index contributed by atoms with van der Waals surface area (Å²) in [4.78, 5) is 29.3. The van der Waals surface area contributed by atoms with Crippen LogP contribution in [0, 0.1) is 0 Å². The van der Waals surface area contributed by atoms with Gasteiger partial charge in [-0.15, -0.1) is 11.3 Å². The first kappa shape index (κ1) is 17.1. The van der Waals surface area contributed by atoms with Crippen LogP contribution < -0.4 is 11.3 Å². The minimum absolute atomic E-state index is 0.346. The van der Waals surface area contributed by atoms with Crippen LogP contribution in [0.3, 0.4) is 0 Å². The summed E-state index contributed by atoms with van der Waals surface area (Å²) in [5.41, 5.74) is 1.26. The summed E-state index contributed by atoms with van der Waals surface area (Å²) in [6, 6.07) is 16.2. The lowest BCUT2D eigenvalue weighted by atomic mass is 10.1. The molecule has 7 heteroatoms. The Labute approximate surface area is 170 Å². The van der Waals surface area contributed by atoms with E-state index >= 15 is 0 Å². The predicted octanol–water partition coefficient (Wildman–Crippen LogP) is 5.45. The molecule has 5 rings (SSSR count). The van der Waals surface area contributed by atoms with Gasteiger partial charge in [0.25, 0.3) is 0 Å². The monoisotopic (exact) mass is 451 g/mol. The Morgan fingerprint density at radius 3 is 2.39 bits per heavy atom. The highest BCUT2D eigenvalue weighted by Gasteiger charge is 2.15. The normalized spacial score (nSPS) is 11.3. The maximum Gasteiger partial charge on any atom is 0.346 e. The average Bonchev–Trinajstić information content (AvgIpc) is 3.17. The SMILES string of the molecule is O=c1oc2ccc(Br)cc2cc1-c1csc(-c2cc3ccccc3oc2=O)n1. The summed E-state index contributed by atoms with van der Waals surface area (Å²) in [5.74, 6) is 0. The Morgan fingerprint density at radius 1 is 0.821 bits per heavy atom. The van der Waals surface area contributed by atoms with Crippen molar-refractivity contribution in [1.82, 2.24) is 4.98 Å². The molecule has 0 aliphatic rings. The van der Waals surface area contributed by atoms with Crippen LogP contribution in [-0.4, -0.2) is 4.98 Å². The summed E-state index contributed by atoms with van der Waals surface area (Å²) in [6.45, 7) is 0. The molecule has 0 saturated carbocycles. The lowest BCUT2D eigenvalue weighted by molar-refractivity contribution is 0.563. The van der Waals surface area contributed by atoms with E-state index in [9.17, 15) is 9.59 Å². The van der Waals surface area contributed by atoms with Crippen molar-refractivity contribution in [2.75, 3.05) is 0 Å². The van der Waals surface area contributed by atoms with E-state index in [-0.39, 0.29) is 0 Å². The fourth-order valence-electron chi connectivity index (χ4n) is 3.01. The average molecular weight is 452 g/mol. The zero-order valence-electron chi connectivity index (χ0n) is 14.1. The molecule has 136 valence electrons. The molecule has 3 heterocycles. The van der Waals surface area contributed by atoms with Gasteiger partial charge in [0.2, 0.25) is 0 Å². The van der Waals surface area contributed by atoms with Crippen molar-refractivity contribution in [3.05, 3.63) is 85.3 Å². The first-order valence-electron chi connectivity index (χ1n) is 8.31. The number of aromatic nitrogens is 1. The summed E-state index contributed by atoms with van der Waals surface area (Å²) in [6.07, 6.45) is 0. The van der Waals surface area contributed by atoms with Crippen LogP contribution >= 0.6 is 27.3 Å². The molecule has 0 aliphatic heterocycles. The van der Waals surface area contributed by atoms with Crippen molar-refractivity contribution in [1.29, 1.82) is 0 Å². The number of thiazole rings is 1. The van der Waals surface area contributed by atoms with E-state index < -0.39 is 11.3 Å². The highest BCUT2D eigenvalue weighted by atomic mass is 79.9. The maximum atomic E-state index is 12.4. The van der Waals surface area contributed by atoms with E-state index in [0.29, 0.717) is 33.0 Å². The number of hydrogen-bond acceptors (Lipinski definition) is 6. The molecular formula is C21H10BrNO4S. The van der Waals surface area contributed by atoms with E-state index in [0.717, 1.165) is 15.2 Å². The van der Waals surface area contributed by atoms with Gasteiger partial charge in [-0.1, -0.05) is 34.1 Å². The van der Waals surface area contributed by atoms with Crippen LogP contribution in [0.5, 0.6) is 0 Å². The third-order valence-electron chi connectivity index (χ3n) is 4.35. The number of benzene rings is 2. The van der Waals surface area contributed by atoms with E-state index in [4.69, 9.17) is 8.83 Å². The quantitative estimate of drug-likeness (QED) is 0.333. The summed E-state index contributed by atoms with van der Waals surface area (Å²) < 4.78 is 11.7. The number of nitrogens with zero attached hydrogens (tertiary/aromatic N) is 1. The van der Waals surface area contributed by atoms with Crippen molar-refractivity contribution < 1.29 is 8.83 Å². The molecular weight excluding hydrogens is 442 g/mol. The van der Waals surface area contributed by atoms with Gasteiger partial charge in [0, 0.05) is 20.6 Å². The number of fused-ring (bicyclic) bond motifs is 2. The van der Waals surface area contributed by atoms with Gasteiger partial charge in [-0.3, -0.25) is 0 Å². The second-order valence-electron chi connectivity index (χ2n) is 6.15. The molecule has 0 aliphatic carbocycles. The summed E-state index contributed by atoms with van der Waals surface area (Å²) in [7, 11) is 0. The molecule has 0 atom stereocenters.